The topological polar surface area (TPSA) is 105 Å². The van der Waals surface area contributed by atoms with Crippen LogP contribution in [0, 0.1) is 47.4 Å². The van der Waals surface area contributed by atoms with E-state index in [-0.39, 0.29) is 25.7 Å². The fourth-order valence-corrected chi connectivity index (χ4v) is 2.43. The van der Waals surface area contributed by atoms with E-state index >= 15 is 0 Å². The summed E-state index contributed by atoms with van der Waals surface area (Å²) in [4.78, 5) is 48.7. The van der Waals surface area contributed by atoms with Gasteiger partial charge in [-0.1, -0.05) is 0 Å². The zero-order valence-corrected chi connectivity index (χ0v) is 16.2. The number of esters is 4. The number of rotatable bonds is 8. The zero-order valence-electron chi connectivity index (χ0n) is 16.2. The summed E-state index contributed by atoms with van der Waals surface area (Å²) < 4.78 is 18.6. The van der Waals surface area contributed by atoms with E-state index in [9.17, 15) is 19.2 Å². The van der Waals surface area contributed by atoms with Crippen molar-refractivity contribution < 1.29 is 38.1 Å². The number of ether oxygens (including phenoxy) is 4. The van der Waals surface area contributed by atoms with E-state index in [2.05, 4.69) is 42.6 Å². The number of methoxy groups -OCH3 is 4. The third-order valence-corrected chi connectivity index (χ3v) is 4.02. The Kier molecular flexibility index (Phi) is 9.92. The van der Waals surface area contributed by atoms with Gasteiger partial charge in [-0.3, -0.25) is 19.2 Å². The maximum Gasteiger partial charge on any atom is 0.325 e. The summed E-state index contributed by atoms with van der Waals surface area (Å²) in [7, 11) is 4.37. The third-order valence-electron chi connectivity index (χ3n) is 4.02. The first-order valence-electron chi connectivity index (χ1n) is 7.92. The molecule has 0 amide bonds. The van der Waals surface area contributed by atoms with E-state index in [1.165, 1.54) is 0 Å². The smallest absolute Gasteiger partial charge is 0.325 e. The molecule has 0 saturated carbocycles. The molecule has 0 saturated heterocycles. The normalized spacial score (nSPS) is 10.2. The Balaban J connectivity index is 5.95. The summed E-state index contributed by atoms with van der Waals surface area (Å²) in [6.07, 6.45) is 9.20. The van der Waals surface area contributed by atoms with Gasteiger partial charge in [-0.05, 0) is 0 Å². The lowest BCUT2D eigenvalue weighted by atomic mass is 9.79. The van der Waals surface area contributed by atoms with Crippen LogP contribution in [-0.4, -0.2) is 52.3 Å². The Labute approximate surface area is 164 Å². The average molecular weight is 390 g/mol. The Hall–Kier alpha value is -3.44. The number of carbonyl (C=O) groups excluding carboxylic acids is 4. The number of hydrogen-bond donors (Lipinski definition) is 0. The Bertz CT molecular complexity index is 660. The maximum absolute atomic E-state index is 12.2. The third kappa shape index (κ3) is 5.05. The Morgan fingerprint density at radius 1 is 0.607 bits per heavy atom. The molecule has 0 atom stereocenters. The van der Waals surface area contributed by atoms with Crippen molar-refractivity contribution in [3.05, 3.63) is 0 Å². The molecule has 0 aliphatic carbocycles. The molecule has 0 spiro atoms. The Morgan fingerprint density at radius 3 is 1.04 bits per heavy atom. The molecule has 0 aliphatic heterocycles. The molecule has 150 valence electrons. The van der Waals surface area contributed by atoms with Crippen LogP contribution in [0.4, 0.5) is 0 Å². The molecule has 0 bridgehead atoms. The van der Waals surface area contributed by atoms with Crippen LogP contribution in [0.2, 0.25) is 0 Å². The molecular formula is C20H22O8. The van der Waals surface area contributed by atoms with Crippen LogP contribution in [0.1, 0.15) is 25.7 Å². The van der Waals surface area contributed by atoms with Gasteiger partial charge in [-0.2, -0.15) is 0 Å². The molecular weight excluding hydrogens is 368 g/mol. The highest BCUT2D eigenvalue weighted by Crippen LogP contribution is 2.31. The van der Waals surface area contributed by atoms with E-state index in [1.54, 1.807) is 0 Å². The number of hydrogen-bond acceptors (Lipinski definition) is 8. The molecule has 8 heteroatoms. The van der Waals surface area contributed by atoms with Crippen molar-refractivity contribution in [3.63, 3.8) is 0 Å². The largest absolute Gasteiger partial charge is 0.468 e. The lowest BCUT2D eigenvalue weighted by Gasteiger charge is -2.25. The zero-order chi connectivity index (χ0) is 21.8. The molecule has 0 rings (SSSR count). The quantitative estimate of drug-likeness (QED) is 0.255. The number of carbonyl (C=O) groups is 4. The minimum Gasteiger partial charge on any atom is -0.468 e. The predicted octanol–water partition coefficient (Wildman–Crippen LogP) is 0.481. The first-order valence-corrected chi connectivity index (χ1v) is 7.92. The van der Waals surface area contributed by atoms with Crippen LogP contribution in [0.25, 0.3) is 0 Å². The van der Waals surface area contributed by atoms with Crippen LogP contribution in [0.3, 0.4) is 0 Å². The molecule has 0 aromatic rings. The summed E-state index contributed by atoms with van der Waals surface area (Å²) in [5.74, 6) is 5.96. The molecule has 0 unspecified atom stereocenters. The summed E-state index contributed by atoms with van der Waals surface area (Å²) in [6, 6.07) is 0. The first-order chi connectivity index (χ1) is 13.3. The van der Waals surface area contributed by atoms with Gasteiger partial charge in [0, 0.05) is 25.7 Å². The van der Waals surface area contributed by atoms with E-state index in [0.29, 0.717) is 0 Å². The summed E-state index contributed by atoms with van der Waals surface area (Å²) >= 11 is 0. The van der Waals surface area contributed by atoms with E-state index in [0.717, 1.165) is 28.4 Å². The van der Waals surface area contributed by atoms with Crippen LogP contribution >= 0.6 is 0 Å². The SMILES string of the molecule is C#CCC(CC#CCC(CC#C)(C(=O)OC)C(=O)OC)(C(=O)OC)C(=O)OC. The highest BCUT2D eigenvalue weighted by molar-refractivity contribution is 6.01. The van der Waals surface area contributed by atoms with E-state index in [1.807, 2.05) is 0 Å². The summed E-state index contributed by atoms with van der Waals surface area (Å²) in [6.45, 7) is 0. The molecule has 0 heterocycles. The first kappa shape index (κ1) is 24.6. The average Bonchev–Trinajstić information content (AvgIpc) is 2.72. The predicted molar refractivity (Wildman–Crippen MR) is 96.8 cm³/mol. The van der Waals surface area contributed by atoms with Crippen molar-refractivity contribution in [1.29, 1.82) is 0 Å². The van der Waals surface area contributed by atoms with Gasteiger partial charge in [0.25, 0.3) is 0 Å². The molecule has 0 fully saturated rings. The van der Waals surface area contributed by atoms with Gasteiger partial charge in [0.1, 0.15) is 0 Å². The van der Waals surface area contributed by atoms with E-state index in [4.69, 9.17) is 12.8 Å². The van der Waals surface area contributed by atoms with Gasteiger partial charge in [0.15, 0.2) is 10.8 Å². The van der Waals surface area contributed by atoms with Crippen molar-refractivity contribution in [2.75, 3.05) is 28.4 Å². The Morgan fingerprint density at radius 2 is 0.857 bits per heavy atom. The van der Waals surface area contributed by atoms with Crippen LogP contribution in [0.5, 0.6) is 0 Å². The molecule has 0 aliphatic rings. The molecule has 0 aromatic heterocycles. The highest BCUT2D eigenvalue weighted by Gasteiger charge is 2.49. The minimum atomic E-state index is -1.84. The van der Waals surface area contributed by atoms with Gasteiger partial charge >= 0.3 is 23.9 Å². The lowest BCUT2D eigenvalue weighted by molar-refractivity contribution is -0.170. The van der Waals surface area contributed by atoms with Crippen molar-refractivity contribution in [2.24, 2.45) is 10.8 Å². The maximum atomic E-state index is 12.2. The van der Waals surface area contributed by atoms with Gasteiger partial charge in [-0.15, -0.1) is 36.5 Å². The van der Waals surface area contributed by atoms with Crippen molar-refractivity contribution in [3.8, 4) is 36.5 Å². The van der Waals surface area contributed by atoms with Crippen LogP contribution < -0.4 is 0 Å². The molecule has 0 aromatic carbocycles. The lowest BCUT2D eigenvalue weighted by Crippen LogP contribution is -2.41. The minimum absolute atomic E-state index is 0.315. The molecule has 28 heavy (non-hydrogen) atoms. The summed E-state index contributed by atoms with van der Waals surface area (Å²) in [5, 5.41) is 0. The second kappa shape index (κ2) is 11.3. The molecule has 8 nitrogen and oxygen atoms in total. The van der Waals surface area contributed by atoms with Crippen molar-refractivity contribution in [1.82, 2.24) is 0 Å². The molecule has 0 radical (unpaired) electrons. The fourth-order valence-electron chi connectivity index (χ4n) is 2.43. The standard InChI is InChI=1S/C20H22O8/c1-7-11-19(15(21)25-3,16(22)26-4)13-9-10-14-20(12-8-2,17(23)27-5)18(24)28-6/h1-2H,11-14H2,3-6H3. The van der Waals surface area contributed by atoms with Crippen LogP contribution in [0.15, 0.2) is 0 Å². The monoisotopic (exact) mass is 390 g/mol. The van der Waals surface area contributed by atoms with Gasteiger partial charge in [0.05, 0.1) is 28.4 Å². The van der Waals surface area contributed by atoms with Crippen molar-refractivity contribution >= 4 is 23.9 Å². The summed E-state index contributed by atoms with van der Waals surface area (Å²) in [5.41, 5.74) is -3.67. The van der Waals surface area contributed by atoms with Gasteiger partial charge in [-0.25, -0.2) is 0 Å². The second-order valence-electron chi connectivity index (χ2n) is 5.60. The second-order valence-corrected chi connectivity index (χ2v) is 5.60. The van der Waals surface area contributed by atoms with Gasteiger partial charge < -0.3 is 18.9 Å². The highest BCUT2D eigenvalue weighted by atomic mass is 16.6. The van der Waals surface area contributed by atoms with Crippen molar-refractivity contribution in [2.45, 2.75) is 25.7 Å². The van der Waals surface area contributed by atoms with Crippen LogP contribution in [-0.2, 0) is 38.1 Å². The number of terminal acetylenes is 2. The fraction of sp³-hybridized carbons (Fsp3) is 0.500. The molecule has 0 N–H and O–H groups in total. The van der Waals surface area contributed by atoms with Gasteiger partial charge in [0.2, 0.25) is 0 Å². The van der Waals surface area contributed by atoms with E-state index < -0.39 is 34.7 Å².